The number of carbonyl (C=O) groups excluding carboxylic acids is 2. The first-order valence-electron chi connectivity index (χ1n) is 12.4. The summed E-state index contributed by atoms with van der Waals surface area (Å²) in [6.07, 6.45) is 5.01. The lowest BCUT2D eigenvalue weighted by atomic mass is 9.77. The summed E-state index contributed by atoms with van der Waals surface area (Å²) in [7, 11) is -2.54. The highest BCUT2D eigenvalue weighted by molar-refractivity contribution is 7.90. The van der Waals surface area contributed by atoms with Gasteiger partial charge in [0, 0.05) is 12.1 Å². The van der Waals surface area contributed by atoms with Crippen molar-refractivity contribution in [1.82, 2.24) is 9.62 Å². The molecule has 0 aromatic heterocycles. The number of benzene rings is 2. The van der Waals surface area contributed by atoms with E-state index in [1.165, 1.54) is 24.1 Å². The molecule has 1 N–H and O–H groups in total. The van der Waals surface area contributed by atoms with Gasteiger partial charge in [-0.1, -0.05) is 37.5 Å². The van der Waals surface area contributed by atoms with Crippen molar-refractivity contribution in [3.05, 3.63) is 59.2 Å². The average molecular weight is 527 g/mol. The molecule has 0 atom stereocenters. The molecule has 1 aliphatic carbocycles. The fraction of sp³-hybridized carbons (Fsp3) is 0.444. The first-order chi connectivity index (χ1) is 17.5. The van der Waals surface area contributed by atoms with Gasteiger partial charge in [0.05, 0.1) is 29.5 Å². The van der Waals surface area contributed by atoms with Gasteiger partial charge in [-0.25, -0.2) is 8.42 Å². The van der Waals surface area contributed by atoms with Crippen LogP contribution >= 0.6 is 0 Å². The number of hydrogen-bond donors (Lipinski definition) is 1. The molecule has 1 heterocycles. The van der Waals surface area contributed by atoms with Gasteiger partial charge >= 0.3 is 0 Å². The second-order valence-corrected chi connectivity index (χ2v) is 11.7. The van der Waals surface area contributed by atoms with E-state index in [-0.39, 0.29) is 29.3 Å². The largest absolute Gasteiger partial charge is 0.846 e. The summed E-state index contributed by atoms with van der Waals surface area (Å²) in [6, 6.07) is 10.2. The number of sulfonamides is 1. The summed E-state index contributed by atoms with van der Waals surface area (Å²) in [5.74, 6) is -0.145. The molecule has 37 heavy (non-hydrogen) atoms. The molecule has 9 nitrogen and oxygen atoms in total. The van der Waals surface area contributed by atoms with Crippen LogP contribution in [0.1, 0.15) is 67.4 Å². The monoisotopic (exact) mass is 526 g/mol. The molecular formula is C27H32N3O6S-. The van der Waals surface area contributed by atoms with Crippen LogP contribution in [0.2, 0.25) is 0 Å². The number of aliphatic imine (C=N–C) groups is 1. The minimum atomic E-state index is -4.06. The number of fused-ring (bicyclic) bond motifs is 1. The molecule has 2 aromatic carbocycles. The Morgan fingerprint density at radius 3 is 2.43 bits per heavy atom. The van der Waals surface area contributed by atoms with Crippen molar-refractivity contribution in [2.45, 2.75) is 68.7 Å². The Labute approximate surface area is 217 Å². The van der Waals surface area contributed by atoms with Crippen LogP contribution in [0.25, 0.3) is 0 Å². The van der Waals surface area contributed by atoms with Crippen LogP contribution in [-0.4, -0.2) is 50.9 Å². The lowest BCUT2D eigenvalue weighted by Crippen LogP contribution is -2.52. The Morgan fingerprint density at radius 2 is 1.78 bits per heavy atom. The fourth-order valence-electron chi connectivity index (χ4n) is 4.92. The van der Waals surface area contributed by atoms with Crippen LogP contribution in [0.15, 0.2) is 52.4 Å². The average Bonchev–Trinajstić information content (AvgIpc) is 2.88. The number of amidine groups is 1. The van der Waals surface area contributed by atoms with Gasteiger partial charge in [-0.05, 0) is 68.5 Å². The summed E-state index contributed by atoms with van der Waals surface area (Å²) in [5.41, 5.74) is 0.951. The summed E-state index contributed by atoms with van der Waals surface area (Å²) < 4.78 is 32.5. The van der Waals surface area contributed by atoms with E-state index >= 15 is 0 Å². The fourth-order valence-corrected chi connectivity index (χ4v) is 5.81. The van der Waals surface area contributed by atoms with Crippen LogP contribution in [-0.2, 0) is 26.7 Å². The number of amides is 2. The molecular weight excluding hydrogens is 494 g/mol. The van der Waals surface area contributed by atoms with Gasteiger partial charge in [-0.3, -0.25) is 24.2 Å². The van der Waals surface area contributed by atoms with Gasteiger partial charge in [0.2, 0.25) is 5.91 Å². The predicted octanol–water partition coefficient (Wildman–Crippen LogP) is 2.53. The lowest BCUT2D eigenvalue weighted by Gasteiger charge is -2.37. The molecule has 4 rings (SSSR count). The molecule has 2 aliphatic rings. The summed E-state index contributed by atoms with van der Waals surface area (Å²) in [4.78, 5) is 31.5. The molecule has 10 heteroatoms. The number of rotatable bonds is 7. The van der Waals surface area contributed by atoms with Crippen molar-refractivity contribution < 1.29 is 27.9 Å². The zero-order valence-electron chi connectivity index (χ0n) is 21.3. The van der Waals surface area contributed by atoms with Crippen molar-refractivity contribution in [2.24, 2.45) is 4.99 Å². The SMILES string of the molecule is COc1ccc2c(c1)C(=O)N(CCc1ccc(S(=O)(=O)NC([O-])=NC3CCCCC3)cc1)C(=O)C2(C)C. The maximum absolute atomic E-state index is 13.2. The molecule has 198 valence electrons. The van der Waals surface area contributed by atoms with E-state index in [0.717, 1.165) is 37.7 Å². The Bertz CT molecular complexity index is 1310. The molecule has 1 saturated carbocycles. The molecule has 0 unspecified atom stereocenters. The minimum absolute atomic E-state index is 0.0595. The van der Waals surface area contributed by atoms with Gasteiger partial charge in [0.15, 0.2) is 0 Å². The van der Waals surface area contributed by atoms with Gasteiger partial charge < -0.3 is 9.84 Å². The van der Waals surface area contributed by atoms with E-state index < -0.39 is 21.5 Å². The Balaban J connectivity index is 1.44. The number of hydrogen-bond acceptors (Lipinski definition) is 7. The van der Waals surface area contributed by atoms with Crippen molar-refractivity contribution in [3.8, 4) is 5.75 Å². The maximum Gasteiger partial charge on any atom is 0.262 e. The number of nitrogens with zero attached hydrogens (tertiary/aromatic N) is 2. The van der Waals surface area contributed by atoms with Crippen LogP contribution in [0, 0.1) is 0 Å². The Kier molecular flexibility index (Phi) is 7.59. The Morgan fingerprint density at radius 1 is 1.11 bits per heavy atom. The van der Waals surface area contributed by atoms with Gasteiger partial charge in [0.25, 0.3) is 15.9 Å². The number of methoxy groups -OCH3 is 1. The van der Waals surface area contributed by atoms with Crippen molar-refractivity contribution in [2.75, 3.05) is 13.7 Å². The third kappa shape index (κ3) is 5.64. The number of nitrogens with one attached hydrogen (secondary N) is 1. The normalized spacial score (nSPS) is 18.5. The van der Waals surface area contributed by atoms with E-state index in [2.05, 4.69) is 4.99 Å². The molecule has 2 amide bonds. The summed E-state index contributed by atoms with van der Waals surface area (Å²) >= 11 is 0. The summed E-state index contributed by atoms with van der Waals surface area (Å²) in [6.45, 7) is 3.71. The number of ether oxygens (including phenoxy) is 1. The summed E-state index contributed by atoms with van der Waals surface area (Å²) in [5, 5.41) is 12.2. The third-order valence-corrected chi connectivity index (χ3v) is 8.45. The first kappa shape index (κ1) is 26.7. The van der Waals surface area contributed by atoms with Gasteiger partial charge in [0.1, 0.15) is 5.75 Å². The standard InChI is InChI=1S/C27H33N3O6S/c1-27(2)23-14-11-20(36-3)17-22(23)24(31)30(25(27)32)16-15-18-9-12-21(13-10-18)37(34,35)29-26(33)28-19-7-5-4-6-8-19/h9-14,17,19H,4-8,15-16H2,1-3H3,(H2,28,29,33)/p-1. The van der Waals surface area contributed by atoms with Gasteiger partial charge in [-0.15, -0.1) is 0 Å². The van der Waals surface area contributed by atoms with Gasteiger partial charge in [-0.2, -0.15) is 0 Å². The lowest BCUT2D eigenvalue weighted by molar-refractivity contribution is -0.220. The van der Waals surface area contributed by atoms with Crippen LogP contribution < -0.4 is 14.6 Å². The molecule has 0 saturated heterocycles. The van der Waals surface area contributed by atoms with Crippen LogP contribution in [0.3, 0.4) is 0 Å². The topological polar surface area (TPSA) is 128 Å². The zero-order chi connectivity index (χ0) is 26.8. The first-order valence-corrected chi connectivity index (χ1v) is 13.9. The van der Waals surface area contributed by atoms with Crippen LogP contribution in [0.4, 0.5) is 0 Å². The van der Waals surface area contributed by atoms with E-state index in [1.807, 2.05) is 4.72 Å². The van der Waals surface area contributed by atoms with Crippen LogP contribution in [0.5, 0.6) is 5.75 Å². The quantitative estimate of drug-likeness (QED) is 0.335. The van der Waals surface area contributed by atoms with E-state index in [9.17, 15) is 23.1 Å². The maximum atomic E-state index is 13.2. The van der Waals surface area contributed by atoms with E-state index in [0.29, 0.717) is 23.3 Å². The number of carbonyl (C=O) groups is 2. The highest BCUT2D eigenvalue weighted by Crippen LogP contribution is 2.36. The minimum Gasteiger partial charge on any atom is -0.846 e. The van der Waals surface area contributed by atoms with Crippen molar-refractivity contribution in [1.29, 1.82) is 0 Å². The van der Waals surface area contributed by atoms with E-state index in [1.54, 1.807) is 44.2 Å². The smallest absolute Gasteiger partial charge is 0.262 e. The predicted molar refractivity (Wildman–Crippen MR) is 137 cm³/mol. The molecule has 0 radical (unpaired) electrons. The highest BCUT2D eigenvalue weighted by atomic mass is 32.2. The van der Waals surface area contributed by atoms with Crippen molar-refractivity contribution in [3.63, 3.8) is 0 Å². The van der Waals surface area contributed by atoms with E-state index in [4.69, 9.17) is 4.74 Å². The van der Waals surface area contributed by atoms with Crippen molar-refractivity contribution >= 4 is 27.9 Å². The zero-order valence-corrected chi connectivity index (χ0v) is 22.1. The molecule has 0 bridgehead atoms. The highest BCUT2D eigenvalue weighted by Gasteiger charge is 2.44. The molecule has 0 spiro atoms. The second kappa shape index (κ2) is 10.5. The Hall–Kier alpha value is -3.40. The number of imide groups is 1. The molecule has 1 fully saturated rings. The second-order valence-electron chi connectivity index (χ2n) is 10.0. The molecule has 2 aromatic rings. The third-order valence-electron chi connectivity index (χ3n) is 7.11. The molecule has 1 aliphatic heterocycles.